The highest BCUT2D eigenvalue weighted by molar-refractivity contribution is 7.96. The van der Waals surface area contributed by atoms with Gasteiger partial charge in [0.15, 0.2) is 0 Å². The largest absolute Gasteiger partial charge is 0.486 e. The Kier molecular flexibility index (Phi) is 8.36. The van der Waals surface area contributed by atoms with Crippen LogP contribution in [0.2, 0.25) is 0 Å². The molecule has 38 heavy (non-hydrogen) atoms. The molecule has 2 aliphatic rings. The van der Waals surface area contributed by atoms with E-state index in [-0.39, 0.29) is 18.1 Å². The zero-order valence-corrected chi connectivity index (χ0v) is 23.5. The van der Waals surface area contributed by atoms with Gasteiger partial charge in [-0.05, 0) is 80.1 Å². The molecule has 2 saturated heterocycles. The van der Waals surface area contributed by atoms with E-state index in [1.165, 1.54) is 29.5 Å². The first-order valence-corrected chi connectivity index (χ1v) is 14.3. The monoisotopic (exact) mass is 531 g/mol. The lowest BCUT2D eigenvalue weighted by molar-refractivity contribution is 0.0339. The summed E-state index contributed by atoms with van der Waals surface area (Å²) >= 11 is 1.88. The van der Waals surface area contributed by atoms with E-state index < -0.39 is 0 Å². The standard InChI is InChI=1S/C31H37N3O3S/c1-21-10-11-22(2)26(15-21)31(35)33-18-29(36-4)30(19-33)37-25-8-5-7-24(16-25)20-38-34-14-6-9-28(34)27-17-32-13-12-23(27)3/h5,7-8,10-13,15-17,28-30H,6,9,14,18-20H2,1-4H3. The first kappa shape index (κ1) is 26.7. The fourth-order valence-corrected chi connectivity index (χ4v) is 6.61. The first-order valence-electron chi connectivity index (χ1n) is 13.4. The number of carbonyl (C=O) groups is 1. The van der Waals surface area contributed by atoms with Crippen molar-refractivity contribution < 1.29 is 14.3 Å². The summed E-state index contributed by atoms with van der Waals surface area (Å²) in [6, 6.07) is 16.8. The maximum Gasteiger partial charge on any atom is 0.254 e. The number of methoxy groups -OCH3 is 1. The number of likely N-dealkylation sites (tertiary alicyclic amines) is 1. The van der Waals surface area contributed by atoms with Gasteiger partial charge in [-0.2, -0.15) is 0 Å². The lowest BCUT2D eigenvalue weighted by Gasteiger charge is -2.25. The Morgan fingerprint density at radius 3 is 2.71 bits per heavy atom. The van der Waals surface area contributed by atoms with Crippen molar-refractivity contribution in [3.8, 4) is 5.75 Å². The Balaban J connectivity index is 1.22. The summed E-state index contributed by atoms with van der Waals surface area (Å²) in [4.78, 5) is 19.5. The minimum absolute atomic E-state index is 0.0357. The molecule has 0 N–H and O–H groups in total. The molecule has 1 aromatic heterocycles. The van der Waals surface area contributed by atoms with E-state index in [1.807, 2.05) is 73.4 Å². The van der Waals surface area contributed by atoms with Gasteiger partial charge >= 0.3 is 0 Å². The van der Waals surface area contributed by atoms with Gasteiger partial charge in [-0.3, -0.25) is 9.78 Å². The average Bonchev–Trinajstić information content (AvgIpc) is 3.56. The zero-order valence-electron chi connectivity index (χ0n) is 22.7. The molecular formula is C31H37N3O3S. The molecule has 7 heteroatoms. The van der Waals surface area contributed by atoms with E-state index in [1.54, 1.807) is 7.11 Å². The third kappa shape index (κ3) is 5.90. The lowest BCUT2D eigenvalue weighted by atomic mass is 10.0. The number of pyridine rings is 1. The van der Waals surface area contributed by atoms with Crippen LogP contribution in [0.25, 0.3) is 0 Å². The van der Waals surface area contributed by atoms with Gasteiger partial charge in [0.2, 0.25) is 0 Å². The van der Waals surface area contributed by atoms with E-state index in [2.05, 4.69) is 34.4 Å². The molecule has 3 heterocycles. The van der Waals surface area contributed by atoms with Gasteiger partial charge in [-0.15, -0.1) is 0 Å². The molecule has 0 spiro atoms. The first-order chi connectivity index (χ1) is 18.4. The van der Waals surface area contributed by atoms with Gasteiger partial charge in [0.25, 0.3) is 5.91 Å². The predicted molar refractivity (Wildman–Crippen MR) is 152 cm³/mol. The predicted octanol–water partition coefficient (Wildman–Crippen LogP) is 5.91. The topological polar surface area (TPSA) is 54.9 Å². The molecule has 2 aliphatic heterocycles. The molecule has 0 radical (unpaired) electrons. The molecular weight excluding hydrogens is 494 g/mol. The van der Waals surface area contributed by atoms with E-state index >= 15 is 0 Å². The molecule has 3 atom stereocenters. The fourth-order valence-electron chi connectivity index (χ4n) is 5.46. The van der Waals surface area contributed by atoms with Crippen LogP contribution < -0.4 is 4.74 Å². The number of amides is 1. The summed E-state index contributed by atoms with van der Waals surface area (Å²) in [6.07, 6.45) is 5.87. The summed E-state index contributed by atoms with van der Waals surface area (Å²) < 4.78 is 14.7. The molecule has 2 fully saturated rings. The van der Waals surface area contributed by atoms with E-state index in [0.717, 1.165) is 34.7 Å². The fraction of sp³-hybridized carbons (Fsp3) is 0.419. The normalized spacial score (nSPS) is 21.7. The Bertz CT molecular complexity index is 1280. The van der Waals surface area contributed by atoms with Gasteiger partial charge in [-0.25, -0.2) is 4.31 Å². The number of aromatic nitrogens is 1. The number of hydrogen-bond acceptors (Lipinski definition) is 6. The summed E-state index contributed by atoms with van der Waals surface area (Å²) in [5, 5.41) is 0. The van der Waals surface area contributed by atoms with Crippen molar-refractivity contribution in [2.45, 2.75) is 57.6 Å². The van der Waals surface area contributed by atoms with Crippen LogP contribution in [-0.4, -0.2) is 59.0 Å². The number of carbonyl (C=O) groups excluding carboxylic acids is 1. The molecule has 0 bridgehead atoms. The summed E-state index contributed by atoms with van der Waals surface area (Å²) in [5.41, 5.74) is 6.68. The Labute approximate surface area is 230 Å². The van der Waals surface area contributed by atoms with Gasteiger partial charge in [0, 0.05) is 43.4 Å². The van der Waals surface area contributed by atoms with E-state index in [4.69, 9.17) is 9.47 Å². The molecule has 1 amide bonds. The molecule has 0 saturated carbocycles. The summed E-state index contributed by atoms with van der Waals surface area (Å²) in [7, 11) is 1.69. The molecule has 5 rings (SSSR count). The van der Waals surface area contributed by atoms with Crippen LogP contribution >= 0.6 is 11.9 Å². The van der Waals surface area contributed by atoms with Gasteiger partial charge in [-0.1, -0.05) is 41.8 Å². The second-order valence-corrected chi connectivity index (χ2v) is 11.4. The van der Waals surface area contributed by atoms with Crippen molar-refractivity contribution in [2.75, 3.05) is 26.7 Å². The average molecular weight is 532 g/mol. The maximum atomic E-state index is 13.3. The van der Waals surface area contributed by atoms with Crippen molar-refractivity contribution in [3.05, 3.63) is 94.3 Å². The van der Waals surface area contributed by atoms with Gasteiger partial charge in [0.05, 0.1) is 13.1 Å². The molecule has 2 aromatic carbocycles. The minimum atomic E-state index is -0.214. The highest BCUT2D eigenvalue weighted by atomic mass is 32.2. The van der Waals surface area contributed by atoms with Crippen LogP contribution in [0.5, 0.6) is 5.75 Å². The number of aryl methyl sites for hydroxylation is 3. The number of benzene rings is 2. The van der Waals surface area contributed by atoms with Crippen LogP contribution in [0.15, 0.2) is 60.9 Å². The Morgan fingerprint density at radius 2 is 1.89 bits per heavy atom. The van der Waals surface area contributed by atoms with Crippen molar-refractivity contribution in [1.29, 1.82) is 0 Å². The maximum absolute atomic E-state index is 13.3. The second kappa shape index (κ2) is 11.9. The quantitative estimate of drug-likeness (QED) is 0.337. The molecule has 6 nitrogen and oxygen atoms in total. The van der Waals surface area contributed by atoms with E-state index in [0.29, 0.717) is 19.1 Å². The SMILES string of the molecule is COC1CN(C(=O)c2cc(C)ccc2C)CC1Oc1cccc(CSN2CCCC2c2cnccc2C)c1. The van der Waals surface area contributed by atoms with Gasteiger partial charge in [0.1, 0.15) is 18.0 Å². The highest BCUT2D eigenvalue weighted by Gasteiger charge is 2.38. The Morgan fingerprint density at radius 1 is 1.05 bits per heavy atom. The molecule has 3 unspecified atom stereocenters. The molecule has 3 aromatic rings. The van der Waals surface area contributed by atoms with Crippen LogP contribution in [0.4, 0.5) is 0 Å². The van der Waals surface area contributed by atoms with E-state index in [9.17, 15) is 4.79 Å². The van der Waals surface area contributed by atoms with Crippen LogP contribution in [0, 0.1) is 20.8 Å². The van der Waals surface area contributed by atoms with Gasteiger partial charge < -0.3 is 14.4 Å². The van der Waals surface area contributed by atoms with Crippen LogP contribution in [0.3, 0.4) is 0 Å². The number of hydrogen-bond donors (Lipinski definition) is 0. The zero-order chi connectivity index (χ0) is 26.6. The van der Waals surface area contributed by atoms with Crippen LogP contribution in [0.1, 0.15) is 57.1 Å². The smallest absolute Gasteiger partial charge is 0.254 e. The highest BCUT2D eigenvalue weighted by Crippen LogP contribution is 2.39. The second-order valence-electron chi connectivity index (χ2n) is 10.4. The number of rotatable bonds is 8. The number of nitrogens with zero attached hydrogens (tertiary/aromatic N) is 3. The Hall–Kier alpha value is -2.87. The van der Waals surface area contributed by atoms with Crippen molar-refractivity contribution in [1.82, 2.24) is 14.2 Å². The lowest BCUT2D eigenvalue weighted by Crippen LogP contribution is -2.32. The third-order valence-corrected chi connectivity index (χ3v) is 8.89. The third-order valence-electron chi connectivity index (χ3n) is 7.65. The molecule has 200 valence electrons. The minimum Gasteiger partial charge on any atom is -0.486 e. The van der Waals surface area contributed by atoms with Crippen molar-refractivity contribution in [3.63, 3.8) is 0 Å². The van der Waals surface area contributed by atoms with Crippen molar-refractivity contribution >= 4 is 17.9 Å². The molecule has 0 aliphatic carbocycles. The van der Waals surface area contributed by atoms with Crippen molar-refractivity contribution in [2.24, 2.45) is 0 Å². The van der Waals surface area contributed by atoms with Crippen LogP contribution in [-0.2, 0) is 10.5 Å². The number of ether oxygens (including phenoxy) is 2. The summed E-state index contributed by atoms with van der Waals surface area (Å²) in [6.45, 7) is 8.28. The summed E-state index contributed by atoms with van der Waals surface area (Å²) in [5.74, 6) is 1.73.